The van der Waals surface area contributed by atoms with E-state index in [1.54, 1.807) is 0 Å². The molecule has 3 rings (SSSR count). The van der Waals surface area contributed by atoms with Gasteiger partial charge in [0.15, 0.2) is 0 Å². The summed E-state index contributed by atoms with van der Waals surface area (Å²) in [6.45, 7) is 3.25. The first-order valence-electron chi connectivity index (χ1n) is 10.1. The summed E-state index contributed by atoms with van der Waals surface area (Å²) in [6, 6.07) is 8.56. The maximum absolute atomic E-state index is 6.19. The van der Waals surface area contributed by atoms with Crippen molar-refractivity contribution in [1.82, 2.24) is 0 Å². The van der Waals surface area contributed by atoms with Gasteiger partial charge in [-0.25, -0.2) is 0 Å². The zero-order valence-corrected chi connectivity index (χ0v) is 15.9. The van der Waals surface area contributed by atoms with Crippen LogP contribution in [-0.2, 0) is 4.74 Å². The number of fused-ring (bicyclic) bond motifs is 1. The Bertz CT molecular complexity index is 483. The summed E-state index contributed by atoms with van der Waals surface area (Å²) in [4.78, 5) is 0. The van der Waals surface area contributed by atoms with Crippen LogP contribution in [-0.4, -0.2) is 12.7 Å². The van der Waals surface area contributed by atoms with E-state index in [1.165, 1.54) is 69.8 Å². The van der Waals surface area contributed by atoms with Gasteiger partial charge in [-0.15, -0.1) is 0 Å². The van der Waals surface area contributed by atoms with Gasteiger partial charge in [0.1, 0.15) is 0 Å². The molecule has 2 heteroatoms. The molecule has 0 heterocycles. The van der Waals surface area contributed by atoms with Gasteiger partial charge in [-0.1, -0.05) is 49.9 Å². The highest BCUT2D eigenvalue weighted by Gasteiger charge is 2.36. The van der Waals surface area contributed by atoms with Crippen LogP contribution in [0.4, 0.5) is 0 Å². The molecule has 0 N–H and O–H groups in total. The van der Waals surface area contributed by atoms with Gasteiger partial charge in [0.05, 0.1) is 6.10 Å². The molecule has 0 radical (unpaired) electrons. The first-order chi connectivity index (χ1) is 11.8. The summed E-state index contributed by atoms with van der Waals surface area (Å²) in [6.07, 6.45) is 13.8. The molecular weight excluding hydrogens is 316 g/mol. The minimum atomic E-state index is 0.542. The lowest BCUT2D eigenvalue weighted by Crippen LogP contribution is -2.33. The molecule has 134 valence electrons. The second-order valence-corrected chi connectivity index (χ2v) is 8.38. The topological polar surface area (TPSA) is 9.23 Å². The van der Waals surface area contributed by atoms with Crippen LogP contribution in [0.25, 0.3) is 0 Å². The summed E-state index contributed by atoms with van der Waals surface area (Å²) >= 11 is 6.03. The third-order valence-electron chi connectivity index (χ3n) is 6.26. The molecule has 1 aromatic rings. The van der Waals surface area contributed by atoms with Crippen molar-refractivity contribution in [2.45, 2.75) is 83.2 Å². The number of hydrogen-bond acceptors (Lipinski definition) is 1. The summed E-state index contributed by atoms with van der Waals surface area (Å²) in [5.41, 5.74) is 1.49. The zero-order chi connectivity index (χ0) is 16.8. The fraction of sp³-hybridized carbons (Fsp3) is 0.727. The third kappa shape index (κ3) is 4.99. The van der Waals surface area contributed by atoms with Crippen LogP contribution >= 0.6 is 11.6 Å². The first kappa shape index (κ1) is 18.3. The SMILES string of the molecule is CCCCCCOC1CCC2CC(c3ccc(Cl)cc3)CCC2C1. The highest BCUT2D eigenvalue weighted by atomic mass is 35.5. The van der Waals surface area contributed by atoms with Crippen LogP contribution in [0.5, 0.6) is 0 Å². The van der Waals surface area contributed by atoms with E-state index in [-0.39, 0.29) is 0 Å². The van der Waals surface area contributed by atoms with Crippen molar-refractivity contribution in [2.24, 2.45) is 11.8 Å². The molecule has 0 bridgehead atoms. The quantitative estimate of drug-likeness (QED) is 0.482. The molecule has 2 aliphatic carbocycles. The van der Waals surface area contributed by atoms with Gasteiger partial charge >= 0.3 is 0 Å². The predicted octanol–water partition coefficient (Wildman–Crippen LogP) is 6.99. The fourth-order valence-electron chi connectivity index (χ4n) is 4.81. The smallest absolute Gasteiger partial charge is 0.0578 e. The van der Waals surface area contributed by atoms with E-state index in [0.717, 1.165) is 29.4 Å². The van der Waals surface area contributed by atoms with Gasteiger partial charge in [0.25, 0.3) is 0 Å². The number of ether oxygens (including phenoxy) is 1. The molecule has 2 aliphatic rings. The van der Waals surface area contributed by atoms with E-state index in [2.05, 4.69) is 19.1 Å². The molecule has 2 saturated carbocycles. The molecule has 0 saturated heterocycles. The molecule has 2 fully saturated rings. The molecule has 1 nitrogen and oxygen atoms in total. The molecule has 0 amide bonds. The van der Waals surface area contributed by atoms with Gasteiger partial charge in [-0.2, -0.15) is 0 Å². The number of unbranched alkanes of at least 4 members (excludes halogenated alkanes) is 3. The van der Waals surface area contributed by atoms with Gasteiger partial charge in [0, 0.05) is 11.6 Å². The predicted molar refractivity (Wildman–Crippen MR) is 103 cm³/mol. The van der Waals surface area contributed by atoms with E-state index < -0.39 is 0 Å². The Morgan fingerprint density at radius 3 is 2.46 bits per heavy atom. The van der Waals surface area contributed by atoms with E-state index in [4.69, 9.17) is 16.3 Å². The minimum absolute atomic E-state index is 0.542. The van der Waals surface area contributed by atoms with Gasteiger partial charge < -0.3 is 4.74 Å². The van der Waals surface area contributed by atoms with Crippen molar-refractivity contribution >= 4 is 11.6 Å². The number of hydrogen-bond donors (Lipinski definition) is 0. The van der Waals surface area contributed by atoms with Gasteiger partial charge in [-0.3, -0.25) is 0 Å². The monoisotopic (exact) mass is 348 g/mol. The second kappa shape index (κ2) is 9.25. The Morgan fingerprint density at radius 2 is 1.67 bits per heavy atom. The molecule has 0 spiro atoms. The van der Waals surface area contributed by atoms with Crippen LogP contribution < -0.4 is 0 Å². The summed E-state index contributed by atoms with van der Waals surface area (Å²) in [7, 11) is 0. The van der Waals surface area contributed by atoms with Crippen molar-refractivity contribution < 1.29 is 4.74 Å². The summed E-state index contributed by atoms with van der Waals surface area (Å²) < 4.78 is 6.19. The molecular formula is C22H33ClO. The fourth-order valence-corrected chi connectivity index (χ4v) is 4.94. The van der Waals surface area contributed by atoms with Crippen LogP contribution in [0.1, 0.15) is 82.6 Å². The van der Waals surface area contributed by atoms with Crippen molar-refractivity contribution in [3.05, 3.63) is 34.9 Å². The van der Waals surface area contributed by atoms with Crippen LogP contribution in [0.2, 0.25) is 5.02 Å². The van der Waals surface area contributed by atoms with Crippen molar-refractivity contribution in [2.75, 3.05) is 6.61 Å². The first-order valence-corrected chi connectivity index (χ1v) is 10.5. The number of benzene rings is 1. The largest absolute Gasteiger partial charge is 0.378 e. The van der Waals surface area contributed by atoms with Gasteiger partial charge in [0.2, 0.25) is 0 Å². The minimum Gasteiger partial charge on any atom is -0.378 e. The van der Waals surface area contributed by atoms with E-state index in [1.807, 2.05) is 12.1 Å². The van der Waals surface area contributed by atoms with Crippen LogP contribution in [0.15, 0.2) is 24.3 Å². The molecule has 24 heavy (non-hydrogen) atoms. The molecule has 0 aromatic heterocycles. The second-order valence-electron chi connectivity index (χ2n) is 7.95. The number of halogens is 1. The van der Waals surface area contributed by atoms with Crippen LogP contribution in [0, 0.1) is 11.8 Å². The van der Waals surface area contributed by atoms with Crippen molar-refractivity contribution in [1.29, 1.82) is 0 Å². The van der Waals surface area contributed by atoms with Crippen molar-refractivity contribution in [3.8, 4) is 0 Å². The highest BCUT2D eigenvalue weighted by Crippen LogP contribution is 2.46. The van der Waals surface area contributed by atoms with Crippen LogP contribution in [0.3, 0.4) is 0 Å². The molecule has 1 aromatic carbocycles. The lowest BCUT2D eigenvalue weighted by atomic mass is 9.65. The Hall–Kier alpha value is -0.530. The maximum atomic E-state index is 6.19. The van der Waals surface area contributed by atoms with Gasteiger partial charge in [-0.05, 0) is 80.4 Å². The van der Waals surface area contributed by atoms with E-state index >= 15 is 0 Å². The standard InChI is InChI=1S/C22H33ClO/c1-2-3-4-5-14-24-22-13-10-19-15-18(6-7-20(19)16-22)17-8-11-21(23)12-9-17/h8-9,11-12,18-20,22H,2-7,10,13-16H2,1H3. The molecule has 4 unspecified atom stereocenters. The maximum Gasteiger partial charge on any atom is 0.0578 e. The van der Waals surface area contributed by atoms with E-state index in [9.17, 15) is 0 Å². The normalized spacial score (nSPS) is 30.1. The summed E-state index contributed by atoms with van der Waals surface area (Å²) in [5.74, 6) is 2.57. The Labute approximate surface area is 153 Å². The highest BCUT2D eigenvalue weighted by molar-refractivity contribution is 6.30. The lowest BCUT2D eigenvalue weighted by molar-refractivity contribution is -0.0163. The average molecular weight is 349 g/mol. The zero-order valence-electron chi connectivity index (χ0n) is 15.2. The third-order valence-corrected chi connectivity index (χ3v) is 6.51. The molecule has 0 aliphatic heterocycles. The Balaban J connectivity index is 1.43. The Morgan fingerprint density at radius 1 is 0.917 bits per heavy atom. The average Bonchev–Trinajstić information content (AvgIpc) is 2.62. The van der Waals surface area contributed by atoms with Crippen molar-refractivity contribution in [3.63, 3.8) is 0 Å². The Kier molecular flexibility index (Phi) is 7.04. The van der Waals surface area contributed by atoms with E-state index in [0.29, 0.717) is 6.10 Å². The molecule has 4 atom stereocenters. The number of rotatable bonds is 7. The lowest BCUT2D eigenvalue weighted by Gasteiger charge is -2.42. The summed E-state index contributed by atoms with van der Waals surface area (Å²) in [5, 5.41) is 0.851.